The van der Waals surface area contributed by atoms with E-state index < -0.39 is 11.4 Å². The molecule has 1 fully saturated rings. The summed E-state index contributed by atoms with van der Waals surface area (Å²) >= 11 is 0. The summed E-state index contributed by atoms with van der Waals surface area (Å²) in [6, 6.07) is 0. The van der Waals surface area contributed by atoms with Gasteiger partial charge in [-0.2, -0.15) is 0 Å². The molecule has 0 aromatic carbocycles. The van der Waals surface area contributed by atoms with Crippen LogP contribution in [-0.4, -0.2) is 22.6 Å². The summed E-state index contributed by atoms with van der Waals surface area (Å²) in [5.74, 6) is -1.58. The highest BCUT2D eigenvalue weighted by Crippen LogP contribution is 2.34. The molecule has 1 N–H and O–H groups in total. The van der Waals surface area contributed by atoms with Gasteiger partial charge in [-0.15, -0.1) is 0 Å². The van der Waals surface area contributed by atoms with Crippen LogP contribution in [0.3, 0.4) is 0 Å². The minimum absolute atomic E-state index is 0.0823. The van der Waals surface area contributed by atoms with Crippen LogP contribution in [0.2, 0.25) is 0 Å². The first kappa shape index (κ1) is 9.89. The molecule has 0 saturated heterocycles. The largest absolute Gasteiger partial charge is 0.480 e. The van der Waals surface area contributed by atoms with Crippen molar-refractivity contribution in [2.45, 2.75) is 32.6 Å². The summed E-state index contributed by atoms with van der Waals surface area (Å²) in [7, 11) is 0. The molecule has 0 aromatic rings. The molecule has 0 aliphatic heterocycles. The Morgan fingerprint density at radius 2 is 2.08 bits per heavy atom. The van der Waals surface area contributed by atoms with Gasteiger partial charge in [-0.25, -0.2) is 0 Å². The fourth-order valence-electron chi connectivity index (χ4n) is 1.68. The first-order chi connectivity index (χ1) is 6.03. The quantitative estimate of drug-likeness (QED) is 0.644. The average Bonchev–Trinajstić information content (AvgIpc) is 2.09. The minimum atomic E-state index is -1.42. The molecule has 72 valence electrons. The molecule has 0 bridgehead atoms. The van der Waals surface area contributed by atoms with Gasteiger partial charge in [0.15, 0.2) is 5.78 Å². The molecule has 0 amide bonds. The van der Waals surface area contributed by atoms with Gasteiger partial charge in [0.05, 0.1) is 0 Å². The van der Waals surface area contributed by atoms with Crippen molar-refractivity contribution in [2.75, 3.05) is 0 Å². The molecule has 1 aliphatic rings. The molecular weight excluding hydrogens is 172 g/mol. The van der Waals surface area contributed by atoms with Crippen LogP contribution in [0.1, 0.15) is 32.6 Å². The number of ketones is 2. The maximum atomic E-state index is 11.4. The number of carboxylic acids is 1. The number of rotatable bonds is 2. The number of carbonyl (C=O) groups is 3. The summed E-state index contributed by atoms with van der Waals surface area (Å²) in [6.07, 6.45) is 0.359. The predicted octanol–water partition coefficient (Wildman–Crippen LogP) is 0.789. The van der Waals surface area contributed by atoms with Gasteiger partial charge in [-0.05, 0) is 6.42 Å². The lowest BCUT2D eigenvalue weighted by Gasteiger charge is -2.29. The maximum Gasteiger partial charge on any atom is 0.317 e. The van der Waals surface area contributed by atoms with Crippen LogP contribution in [0.25, 0.3) is 0 Å². The lowest BCUT2D eigenvalue weighted by Crippen LogP contribution is -2.43. The lowest BCUT2D eigenvalue weighted by atomic mass is 9.71. The van der Waals surface area contributed by atoms with E-state index in [1.54, 1.807) is 6.92 Å². The summed E-state index contributed by atoms with van der Waals surface area (Å²) in [5, 5.41) is 8.90. The van der Waals surface area contributed by atoms with Gasteiger partial charge in [0.2, 0.25) is 0 Å². The Labute approximate surface area is 75.9 Å². The van der Waals surface area contributed by atoms with Crippen molar-refractivity contribution in [3.8, 4) is 0 Å². The van der Waals surface area contributed by atoms with Crippen molar-refractivity contribution in [3.63, 3.8) is 0 Å². The van der Waals surface area contributed by atoms with Crippen molar-refractivity contribution in [1.82, 2.24) is 0 Å². The van der Waals surface area contributed by atoms with Crippen LogP contribution >= 0.6 is 0 Å². The Balaban J connectivity index is 3.00. The number of carboxylic acid groups (broad SMARTS) is 1. The van der Waals surface area contributed by atoms with E-state index >= 15 is 0 Å². The average molecular weight is 184 g/mol. The van der Waals surface area contributed by atoms with Crippen molar-refractivity contribution in [3.05, 3.63) is 0 Å². The van der Waals surface area contributed by atoms with Crippen LogP contribution in [0.4, 0.5) is 0 Å². The van der Waals surface area contributed by atoms with Crippen LogP contribution in [0.15, 0.2) is 0 Å². The Morgan fingerprint density at radius 3 is 2.46 bits per heavy atom. The SMILES string of the molecule is CCC1(C(=O)O)CC(=O)CCC1=O. The van der Waals surface area contributed by atoms with Gasteiger partial charge in [-0.1, -0.05) is 6.92 Å². The maximum absolute atomic E-state index is 11.4. The third-order valence-corrected chi connectivity index (χ3v) is 2.68. The molecule has 0 radical (unpaired) electrons. The topological polar surface area (TPSA) is 71.4 Å². The fraction of sp³-hybridized carbons (Fsp3) is 0.667. The van der Waals surface area contributed by atoms with Crippen LogP contribution < -0.4 is 0 Å². The normalized spacial score (nSPS) is 29.0. The summed E-state index contributed by atoms with van der Waals surface area (Å²) < 4.78 is 0. The second kappa shape index (κ2) is 3.28. The van der Waals surface area contributed by atoms with Crippen molar-refractivity contribution >= 4 is 17.5 Å². The number of hydrogen-bond donors (Lipinski definition) is 1. The van der Waals surface area contributed by atoms with Crippen LogP contribution in [0.5, 0.6) is 0 Å². The van der Waals surface area contributed by atoms with Crippen molar-refractivity contribution < 1.29 is 19.5 Å². The van der Waals surface area contributed by atoms with E-state index in [1.165, 1.54) is 0 Å². The minimum Gasteiger partial charge on any atom is -0.480 e. The van der Waals surface area contributed by atoms with E-state index in [4.69, 9.17) is 5.11 Å². The van der Waals surface area contributed by atoms with E-state index in [0.717, 1.165) is 0 Å². The second-order valence-corrected chi connectivity index (χ2v) is 3.38. The van der Waals surface area contributed by atoms with Crippen LogP contribution in [-0.2, 0) is 14.4 Å². The van der Waals surface area contributed by atoms with Gasteiger partial charge in [0.1, 0.15) is 11.2 Å². The zero-order valence-corrected chi connectivity index (χ0v) is 7.50. The number of Topliss-reactive ketones (excluding diaryl/α,β-unsaturated/α-hetero) is 2. The Kier molecular flexibility index (Phi) is 2.50. The molecule has 1 rings (SSSR count). The van der Waals surface area contributed by atoms with Gasteiger partial charge in [0.25, 0.3) is 0 Å². The molecule has 4 nitrogen and oxygen atoms in total. The monoisotopic (exact) mass is 184 g/mol. The highest BCUT2D eigenvalue weighted by molar-refractivity contribution is 6.09. The van der Waals surface area contributed by atoms with E-state index in [9.17, 15) is 14.4 Å². The zero-order chi connectivity index (χ0) is 10.1. The van der Waals surface area contributed by atoms with E-state index in [2.05, 4.69) is 0 Å². The predicted molar refractivity (Wildman–Crippen MR) is 44.2 cm³/mol. The van der Waals surface area contributed by atoms with Gasteiger partial charge < -0.3 is 5.11 Å². The Hall–Kier alpha value is -1.19. The third kappa shape index (κ3) is 1.48. The highest BCUT2D eigenvalue weighted by atomic mass is 16.4. The highest BCUT2D eigenvalue weighted by Gasteiger charge is 2.47. The molecular formula is C9H12O4. The summed E-state index contributed by atoms with van der Waals surface area (Å²) in [6.45, 7) is 1.63. The molecule has 1 saturated carbocycles. The van der Waals surface area contributed by atoms with Crippen molar-refractivity contribution in [1.29, 1.82) is 0 Å². The molecule has 0 spiro atoms. The molecule has 0 heterocycles. The third-order valence-electron chi connectivity index (χ3n) is 2.68. The molecule has 0 aromatic heterocycles. The molecule has 4 heteroatoms. The van der Waals surface area contributed by atoms with E-state index in [0.29, 0.717) is 0 Å². The number of hydrogen-bond acceptors (Lipinski definition) is 3. The van der Waals surface area contributed by atoms with Gasteiger partial charge in [-0.3, -0.25) is 14.4 Å². The van der Waals surface area contributed by atoms with Crippen LogP contribution in [0, 0.1) is 5.41 Å². The lowest BCUT2D eigenvalue weighted by molar-refractivity contribution is -0.160. The van der Waals surface area contributed by atoms with Crippen molar-refractivity contribution in [2.24, 2.45) is 5.41 Å². The standard InChI is InChI=1S/C9H12O4/c1-2-9(8(12)13)5-6(10)3-4-7(9)11/h2-5H2,1H3,(H,12,13). The number of aliphatic carboxylic acids is 1. The second-order valence-electron chi connectivity index (χ2n) is 3.38. The van der Waals surface area contributed by atoms with E-state index in [-0.39, 0.29) is 37.2 Å². The molecule has 1 unspecified atom stereocenters. The molecule has 1 atom stereocenters. The molecule has 1 aliphatic carbocycles. The van der Waals surface area contributed by atoms with Gasteiger partial charge in [0, 0.05) is 19.3 Å². The zero-order valence-electron chi connectivity index (χ0n) is 7.50. The molecule has 13 heavy (non-hydrogen) atoms. The Bertz CT molecular complexity index is 269. The van der Waals surface area contributed by atoms with E-state index in [1.807, 2.05) is 0 Å². The first-order valence-corrected chi connectivity index (χ1v) is 4.31. The summed E-state index contributed by atoms with van der Waals surface area (Å²) in [4.78, 5) is 33.4. The first-order valence-electron chi connectivity index (χ1n) is 4.31. The smallest absolute Gasteiger partial charge is 0.317 e. The fourth-order valence-corrected chi connectivity index (χ4v) is 1.68. The summed E-state index contributed by atoms with van der Waals surface area (Å²) in [5.41, 5.74) is -1.42. The number of carbonyl (C=O) groups excluding carboxylic acids is 2. The van der Waals surface area contributed by atoms with Gasteiger partial charge >= 0.3 is 5.97 Å². The Morgan fingerprint density at radius 1 is 1.46 bits per heavy atom.